The van der Waals surface area contributed by atoms with Crippen LogP contribution < -0.4 is 14.6 Å². The van der Waals surface area contributed by atoms with Crippen molar-refractivity contribution < 1.29 is 16.8 Å². The molecule has 0 aliphatic carbocycles. The Bertz CT molecular complexity index is 595. The van der Waals surface area contributed by atoms with Crippen LogP contribution in [0.3, 0.4) is 0 Å². The molecule has 0 fully saturated rings. The number of benzene rings is 1. The summed E-state index contributed by atoms with van der Waals surface area (Å²) >= 11 is 0. The largest absolute Gasteiger partial charge is 0.299 e. The first kappa shape index (κ1) is 13.9. The quantitative estimate of drug-likeness (QED) is 0.679. The summed E-state index contributed by atoms with van der Waals surface area (Å²) in [5.41, 5.74) is -0.0871. The van der Waals surface area contributed by atoms with E-state index in [1.165, 1.54) is 24.3 Å². The molecule has 0 aliphatic heterocycles. The van der Waals surface area contributed by atoms with Crippen LogP contribution in [0.4, 0.5) is 5.69 Å². The van der Waals surface area contributed by atoms with Crippen molar-refractivity contribution in [2.24, 2.45) is 5.14 Å². The van der Waals surface area contributed by atoms with Gasteiger partial charge in [-0.15, -0.1) is 0 Å². The van der Waals surface area contributed by atoms with E-state index in [9.17, 15) is 16.8 Å². The molecule has 0 atom stereocenters. The lowest BCUT2D eigenvalue weighted by molar-refractivity contribution is 0.589. The molecule has 1 aromatic carbocycles. The topological polar surface area (TPSA) is 118 Å². The van der Waals surface area contributed by atoms with E-state index < -0.39 is 20.2 Å². The molecule has 0 unspecified atom stereocenters. The lowest BCUT2D eigenvalue weighted by Crippen LogP contribution is -2.30. The van der Waals surface area contributed by atoms with E-state index in [0.717, 1.165) is 0 Å². The number of hydrogen-bond donors (Lipinski definition) is 3. The lowest BCUT2D eigenvalue weighted by Gasteiger charge is -2.10. The Kier molecular flexibility index (Phi) is 4.09. The molecule has 0 bridgehead atoms. The van der Waals surface area contributed by atoms with Gasteiger partial charge < -0.3 is 0 Å². The Morgan fingerprint density at radius 3 is 2.29 bits per heavy atom. The van der Waals surface area contributed by atoms with Crippen molar-refractivity contribution in [1.29, 1.82) is 0 Å². The van der Waals surface area contributed by atoms with E-state index in [1.807, 2.05) is 0 Å². The van der Waals surface area contributed by atoms with Crippen LogP contribution in [0.15, 0.2) is 29.2 Å². The Hall–Kier alpha value is -1.16. The van der Waals surface area contributed by atoms with E-state index in [0.29, 0.717) is 0 Å². The fourth-order valence-corrected chi connectivity index (χ4v) is 2.85. The van der Waals surface area contributed by atoms with Crippen molar-refractivity contribution in [3.63, 3.8) is 0 Å². The summed E-state index contributed by atoms with van der Waals surface area (Å²) in [6.45, 7) is 1.79. The van der Waals surface area contributed by atoms with E-state index in [2.05, 4.69) is 9.44 Å². The summed E-state index contributed by atoms with van der Waals surface area (Å²) < 4.78 is 49.6. The van der Waals surface area contributed by atoms with Crippen LogP contribution in [-0.2, 0) is 20.2 Å². The summed E-state index contributed by atoms with van der Waals surface area (Å²) in [5, 5.41) is 4.97. The number of primary sulfonamides is 1. The van der Waals surface area contributed by atoms with Crippen LogP contribution in [0.1, 0.15) is 6.92 Å². The molecule has 1 rings (SSSR count). The van der Waals surface area contributed by atoms with E-state index >= 15 is 0 Å². The zero-order valence-corrected chi connectivity index (χ0v) is 10.7. The maximum Gasteiger partial charge on any atom is 0.299 e. The van der Waals surface area contributed by atoms with Crippen molar-refractivity contribution in [3.05, 3.63) is 24.3 Å². The SMILES string of the molecule is CCNS(=O)(=O)Nc1ccccc1S(N)(=O)=O. The van der Waals surface area contributed by atoms with Crippen molar-refractivity contribution in [2.45, 2.75) is 11.8 Å². The highest BCUT2D eigenvalue weighted by atomic mass is 32.2. The molecule has 7 nitrogen and oxygen atoms in total. The van der Waals surface area contributed by atoms with Gasteiger partial charge in [0, 0.05) is 6.54 Å². The van der Waals surface area contributed by atoms with Gasteiger partial charge in [-0.25, -0.2) is 13.6 Å². The summed E-state index contributed by atoms with van der Waals surface area (Å²) in [5.74, 6) is 0. The van der Waals surface area contributed by atoms with Crippen LogP contribution in [0.25, 0.3) is 0 Å². The summed E-state index contributed by atoms with van der Waals surface area (Å²) in [6.07, 6.45) is 0. The van der Waals surface area contributed by atoms with Crippen LogP contribution in [0.5, 0.6) is 0 Å². The summed E-state index contributed by atoms with van der Waals surface area (Å²) in [7, 11) is -7.76. The molecule has 0 spiro atoms. The maximum atomic E-state index is 11.4. The molecule has 9 heteroatoms. The van der Waals surface area contributed by atoms with Gasteiger partial charge in [0.2, 0.25) is 10.0 Å². The molecule has 0 aromatic heterocycles. The lowest BCUT2D eigenvalue weighted by atomic mass is 10.3. The van der Waals surface area contributed by atoms with Gasteiger partial charge in [-0.05, 0) is 12.1 Å². The van der Waals surface area contributed by atoms with Gasteiger partial charge in [-0.1, -0.05) is 19.1 Å². The third-order valence-electron chi connectivity index (χ3n) is 1.77. The normalized spacial score (nSPS) is 12.4. The fourth-order valence-electron chi connectivity index (χ4n) is 1.17. The maximum absolute atomic E-state index is 11.4. The second kappa shape index (κ2) is 5.00. The average Bonchev–Trinajstić information content (AvgIpc) is 2.15. The minimum absolute atomic E-state index is 0.0871. The van der Waals surface area contributed by atoms with Gasteiger partial charge in [0.1, 0.15) is 4.90 Å². The average molecular weight is 279 g/mol. The van der Waals surface area contributed by atoms with Crippen molar-refractivity contribution in [2.75, 3.05) is 11.3 Å². The number of hydrogen-bond acceptors (Lipinski definition) is 4. The van der Waals surface area contributed by atoms with Crippen LogP contribution >= 0.6 is 0 Å². The third-order valence-corrected chi connectivity index (χ3v) is 3.90. The van der Waals surface area contributed by atoms with Crippen LogP contribution in [-0.4, -0.2) is 23.4 Å². The number of sulfonamides is 1. The summed E-state index contributed by atoms with van der Waals surface area (Å²) in [6, 6.07) is 5.48. The molecule has 0 saturated carbocycles. The predicted octanol–water partition coefficient (Wildman–Crippen LogP) is -0.400. The second-order valence-corrected chi connectivity index (χ2v) is 6.17. The smallest absolute Gasteiger partial charge is 0.270 e. The first-order chi connectivity index (χ1) is 7.76. The second-order valence-electron chi connectivity index (χ2n) is 3.14. The molecule has 0 amide bonds. The van der Waals surface area contributed by atoms with Crippen LogP contribution in [0.2, 0.25) is 0 Å². The molecular weight excluding hydrogens is 266 g/mol. The van der Waals surface area contributed by atoms with Crippen molar-refractivity contribution in [1.82, 2.24) is 4.72 Å². The number of anilines is 1. The van der Waals surface area contributed by atoms with Gasteiger partial charge in [-0.2, -0.15) is 13.1 Å². The molecule has 0 heterocycles. The Morgan fingerprint density at radius 2 is 1.76 bits per heavy atom. The monoisotopic (exact) mass is 279 g/mol. The minimum atomic E-state index is -3.98. The minimum Gasteiger partial charge on any atom is -0.270 e. The standard InChI is InChI=1S/C8H13N3O4S2/c1-2-10-17(14,15)11-7-5-3-4-6-8(7)16(9,12)13/h3-6,10-11H,2H2,1H3,(H2,9,12,13). The Morgan fingerprint density at radius 1 is 1.18 bits per heavy atom. The Labute approximate surface area is 100 Å². The van der Waals surface area contributed by atoms with Gasteiger partial charge in [0.05, 0.1) is 5.69 Å². The molecule has 0 saturated heterocycles. The molecule has 0 aliphatic rings. The van der Waals surface area contributed by atoms with Crippen molar-refractivity contribution in [3.8, 4) is 0 Å². The summed E-state index contributed by atoms with van der Waals surface area (Å²) in [4.78, 5) is -0.276. The fraction of sp³-hybridized carbons (Fsp3) is 0.250. The molecule has 96 valence electrons. The number of nitrogens with two attached hydrogens (primary N) is 1. The van der Waals surface area contributed by atoms with E-state index in [1.54, 1.807) is 6.92 Å². The zero-order chi connectivity index (χ0) is 13.1. The highest BCUT2D eigenvalue weighted by Gasteiger charge is 2.17. The number of para-hydroxylation sites is 1. The number of nitrogens with one attached hydrogen (secondary N) is 2. The highest BCUT2D eigenvalue weighted by Crippen LogP contribution is 2.19. The molecule has 4 N–H and O–H groups in total. The zero-order valence-electron chi connectivity index (χ0n) is 9.04. The highest BCUT2D eigenvalue weighted by molar-refractivity contribution is 7.91. The van der Waals surface area contributed by atoms with E-state index in [4.69, 9.17) is 5.14 Å². The van der Waals surface area contributed by atoms with Gasteiger partial charge in [-0.3, -0.25) is 4.72 Å². The van der Waals surface area contributed by atoms with Gasteiger partial charge in [0.25, 0.3) is 10.2 Å². The first-order valence-electron chi connectivity index (χ1n) is 4.65. The number of rotatable bonds is 5. The van der Waals surface area contributed by atoms with Crippen LogP contribution in [0, 0.1) is 0 Å². The molecule has 17 heavy (non-hydrogen) atoms. The van der Waals surface area contributed by atoms with Crippen molar-refractivity contribution >= 4 is 25.9 Å². The molecule has 0 radical (unpaired) electrons. The molecule has 1 aromatic rings. The first-order valence-corrected chi connectivity index (χ1v) is 7.68. The van der Waals surface area contributed by atoms with Gasteiger partial charge >= 0.3 is 0 Å². The Balaban J connectivity index is 3.17. The van der Waals surface area contributed by atoms with E-state index in [-0.39, 0.29) is 17.1 Å². The predicted molar refractivity (Wildman–Crippen MR) is 64.0 cm³/mol. The third kappa shape index (κ3) is 3.97. The van der Waals surface area contributed by atoms with Gasteiger partial charge in [0.15, 0.2) is 0 Å². The molecular formula is C8H13N3O4S2.